The van der Waals surface area contributed by atoms with E-state index in [1.165, 1.54) is 5.56 Å². The quantitative estimate of drug-likeness (QED) is 0.781. The summed E-state index contributed by atoms with van der Waals surface area (Å²) in [4.78, 5) is 19.8. The first-order chi connectivity index (χ1) is 9.04. The molecule has 2 aromatic rings. The van der Waals surface area contributed by atoms with Gasteiger partial charge in [0.25, 0.3) is 0 Å². The summed E-state index contributed by atoms with van der Waals surface area (Å²) in [6.45, 7) is 7.97. The minimum Gasteiger partial charge on any atom is -0.345 e. The fraction of sp³-hybridized carbons (Fsp3) is 0.429. The van der Waals surface area contributed by atoms with Crippen molar-refractivity contribution in [2.75, 3.05) is 4.90 Å². The Morgan fingerprint density at radius 2 is 1.89 bits per heavy atom. The van der Waals surface area contributed by atoms with Gasteiger partial charge in [0.2, 0.25) is 0 Å². The van der Waals surface area contributed by atoms with Crippen LogP contribution in [0.5, 0.6) is 0 Å². The molecule has 0 amide bonds. The SMILES string of the molecule is CC(C)(C)c1ncc2c(n1)CN(c1cnccn1)C2. The summed E-state index contributed by atoms with van der Waals surface area (Å²) in [5.74, 6) is 1.78. The Balaban J connectivity index is 1.89. The Labute approximate surface area is 112 Å². The highest BCUT2D eigenvalue weighted by atomic mass is 15.2. The molecule has 3 rings (SSSR count). The monoisotopic (exact) mass is 255 g/mol. The molecule has 5 nitrogen and oxygen atoms in total. The van der Waals surface area contributed by atoms with E-state index in [4.69, 9.17) is 4.98 Å². The average molecular weight is 255 g/mol. The van der Waals surface area contributed by atoms with Gasteiger partial charge in [-0.2, -0.15) is 0 Å². The Bertz CT molecular complexity index is 589. The van der Waals surface area contributed by atoms with Gasteiger partial charge in [0.1, 0.15) is 11.6 Å². The Morgan fingerprint density at radius 1 is 1.05 bits per heavy atom. The van der Waals surface area contributed by atoms with Crippen LogP contribution in [0.2, 0.25) is 0 Å². The molecular formula is C14H17N5. The number of anilines is 1. The molecule has 0 aromatic carbocycles. The van der Waals surface area contributed by atoms with Crippen LogP contribution in [0.4, 0.5) is 5.82 Å². The first kappa shape index (κ1) is 12.0. The maximum atomic E-state index is 4.70. The van der Waals surface area contributed by atoms with Gasteiger partial charge in [-0.3, -0.25) is 4.98 Å². The van der Waals surface area contributed by atoms with Crippen LogP contribution in [0.15, 0.2) is 24.8 Å². The van der Waals surface area contributed by atoms with E-state index in [0.717, 1.165) is 30.4 Å². The highest BCUT2D eigenvalue weighted by Gasteiger charge is 2.25. The maximum absolute atomic E-state index is 4.70. The van der Waals surface area contributed by atoms with E-state index in [-0.39, 0.29) is 5.41 Å². The Kier molecular flexibility index (Phi) is 2.69. The smallest absolute Gasteiger partial charge is 0.147 e. The molecule has 5 heteroatoms. The molecule has 0 saturated carbocycles. The van der Waals surface area contributed by atoms with Crippen LogP contribution in [0.25, 0.3) is 0 Å². The van der Waals surface area contributed by atoms with Crippen LogP contribution in [-0.2, 0) is 18.5 Å². The summed E-state index contributed by atoms with van der Waals surface area (Å²) < 4.78 is 0. The van der Waals surface area contributed by atoms with Crippen LogP contribution in [0.3, 0.4) is 0 Å². The largest absolute Gasteiger partial charge is 0.345 e. The van der Waals surface area contributed by atoms with E-state index in [1.54, 1.807) is 18.6 Å². The predicted molar refractivity (Wildman–Crippen MR) is 72.7 cm³/mol. The van der Waals surface area contributed by atoms with E-state index < -0.39 is 0 Å². The number of nitrogens with zero attached hydrogens (tertiary/aromatic N) is 5. The van der Waals surface area contributed by atoms with Gasteiger partial charge in [-0.25, -0.2) is 15.0 Å². The van der Waals surface area contributed by atoms with Gasteiger partial charge in [0, 0.05) is 36.1 Å². The third kappa shape index (κ3) is 2.28. The normalized spacial score (nSPS) is 14.6. The predicted octanol–water partition coefficient (Wildman–Crippen LogP) is 2.08. The fourth-order valence-corrected chi connectivity index (χ4v) is 2.13. The van der Waals surface area contributed by atoms with Gasteiger partial charge in [-0.05, 0) is 0 Å². The van der Waals surface area contributed by atoms with Gasteiger partial charge in [0.15, 0.2) is 0 Å². The minimum atomic E-state index is -0.0188. The molecule has 0 fully saturated rings. The maximum Gasteiger partial charge on any atom is 0.147 e. The molecule has 19 heavy (non-hydrogen) atoms. The van der Waals surface area contributed by atoms with Crippen molar-refractivity contribution in [2.24, 2.45) is 0 Å². The first-order valence-electron chi connectivity index (χ1n) is 6.40. The highest BCUT2D eigenvalue weighted by molar-refractivity contribution is 5.42. The lowest BCUT2D eigenvalue weighted by Gasteiger charge is -2.16. The Morgan fingerprint density at radius 3 is 2.58 bits per heavy atom. The number of rotatable bonds is 1. The summed E-state index contributed by atoms with van der Waals surface area (Å²) >= 11 is 0. The van der Waals surface area contributed by atoms with Gasteiger partial charge >= 0.3 is 0 Å². The average Bonchev–Trinajstić information content (AvgIpc) is 2.81. The van der Waals surface area contributed by atoms with E-state index in [9.17, 15) is 0 Å². The number of hydrogen-bond acceptors (Lipinski definition) is 5. The second kappa shape index (κ2) is 4.26. The molecule has 0 N–H and O–H groups in total. The molecule has 0 atom stereocenters. The van der Waals surface area contributed by atoms with Crippen molar-refractivity contribution in [3.8, 4) is 0 Å². The standard InChI is InChI=1S/C14H17N5/c1-14(2,3)13-17-6-10-8-19(9-11(10)18-13)12-7-15-4-5-16-12/h4-7H,8-9H2,1-3H3. The Hall–Kier alpha value is -2.04. The summed E-state index contributed by atoms with van der Waals surface area (Å²) in [6.07, 6.45) is 7.12. The molecule has 0 spiro atoms. The summed E-state index contributed by atoms with van der Waals surface area (Å²) in [6, 6.07) is 0. The lowest BCUT2D eigenvalue weighted by Crippen LogP contribution is -2.17. The van der Waals surface area contributed by atoms with Crippen LogP contribution in [0.1, 0.15) is 37.9 Å². The van der Waals surface area contributed by atoms with Crippen molar-refractivity contribution in [1.29, 1.82) is 0 Å². The molecule has 0 saturated heterocycles. The second-order valence-electron chi connectivity index (χ2n) is 5.84. The number of aromatic nitrogens is 4. The lowest BCUT2D eigenvalue weighted by atomic mass is 9.95. The van der Waals surface area contributed by atoms with Crippen LogP contribution >= 0.6 is 0 Å². The van der Waals surface area contributed by atoms with Gasteiger partial charge in [-0.1, -0.05) is 20.8 Å². The van der Waals surface area contributed by atoms with Crippen molar-refractivity contribution in [3.05, 3.63) is 41.9 Å². The van der Waals surface area contributed by atoms with Gasteiger partial charge in [-0.15, -0.1) is 0 Å². The van der Waals surface area contributed by atoms with E-state index in [2.05, 4.69) is 40.6 Å². The molecule has 2 aromatic heterocycles. The summed E-state index contributed by atoms with van der Waals surface area (Å²) in [5, 5.41) is 0. The van der Waals surface area contributed by atoms with Crippen LogP contribution in [-0.4, -0.2) is 19.9 Å². The minimum absolute atomic E-state index is 0.0188. The lowest BCUT2D eigenvalue weighted by molar-refractivity contribution is 0.541. The fourth-order valence-electron chi connectivity index (χ4n) is 2.13. The molecular weight excluding hydrogens is 238 g/mol. The van der Waals surface area contributed by atoms with Crippen molar-refractivity contribution >= 4 is 5.82 Å². The summed E-state index contributed by atoms with van der Waals surface area (Å²) in [7, 11) is 0. The second-order valence-corrected chi connectivity index (χ2v) is 5.84. The molecule has 0 bridgehead atoms. The zero-order valence-corrected chi connectivity index (χ0v) is 11.5. The van der Waals surface area contributed by atoms with Crippen molar-refractivity contribution in [2.45, 2.75) is 39.3 Å². The van der Waals surface area contributed by atoms with Gasteiger partial charge < -0.3 is 4.90 Å². The molecule has 0 radical (unpaired) electrons. The molecule has 3 heterocycles. The topological polar surface area (TPSA) is 54.8 Å². The molecule has 0 unspecified atom stereocenters. The van der Waals surface area contributed by atoms with E-state index in [0.29, 0.717) is 0 Å². The summed E-state index contributed by atoms with van der Waals surface area (Å²) in [5.41, 5.74) is 2.26. The van der Waals surface area contributed by atoms with Crippen LogP contribution < -0.4 is 4.90 Å². The molecule has 1 aliphatic rings. The molecule has 98 valence electrons. The first-order valence-corrected chi connectivity index (χ1v) is 6.40. The third-order valence-corrected chi connectivity index (χ3v) is 3.20. The highest BCUT2D eigenvalue weighted by Crippen LogP contribution is 2.26. The van der Waals surface area contributed by atoms with Crippen molar-refractivity contribution < 1.29 is 0 Å². The zero-order valence-electron chi connectivity index (χ0n) is 11.5. The molecule has 0 aliphatic carbocycles. The van der Waals surface area contributed by atoms with E-state index >= 15 is 0 Å². The number of fused-ring (bicyclic) bond motifs is 1. The third-order valence-electron chi connectivity index (χ3n) is 3.20. The van der Waals surface area contributed by atoms with Crippen LogP contribution in [0, 0.1) is 0 Å². The van der Waals surface area contributed by atoms with Gasteiger partial charge in [0.05, 0.1) is 18.4 Å². The molecule has 1 aliphatic heterocycles. The van der Waals surface area contributed by atoms with Crippen molar-refractivity contribution in [1.82, 2.24) is 19.9 Å². The zero-order chi connectivity index (χ0) is 13.5. The van der Waals surface area contributed by atoms with Crippen molar-refractivity contribution in [3.63, 3.8) is 0 Å². The van der Waals surface area contributed by atoms with E-state index in [1.807, 2.05) is 6.20 Å². The number of hydrogen-bond donors (Lipinski definition) is 0.